The van der Waals surface area contributed by atoms with Crippen molar-refractivity contribution in [3.05, 3.63) is 29.8 Å². The van der Waals surface area contributed by atoms with Gasteiger partial charge in [-0.2, -0.15) is 0 Å². The predicted molar refractivity (Wildman–Crippen MR) is 83.1 cm³/mol. The summed E-state index contributed by atoms with van der Waals surface area (Å²) in [7, 11) is -3.46. The summed E-state index contributed by atoms with van der Waals surface area (Å²) in [5.74, 6) is 0. The lowest BCUT2D eigenvalue weighted by molar-refractivity contribution is 0.516. The van der Waals surface area contributed by atoms with Gasteiger partial charge in [-0.3, -0.25) is 0 Å². The van der Waals surface area contributed by atoms with Crippen LogP contribution in [0, 0.1) is 0 Å². The van der Waals surface area contributed by atoms with E-state index in [9.17, 15) is 8.42 Å². The molecule has 1 atom stereocenters. The van der Waals surface area contributed by atoms with E-state index in [1.807, 2.05) is 12.1 Å². The second-order valence-electron chi connectivity index (χ2n) is 5.09. The first-order valence-corrected chi connectivity index (χ1v) is 8.83. The maximum Gasteiger partial charge on any atom is 0.240 e. The van der Waals surface area contributed by atoms with E-state index in [1.165, 1.54) is 0 Å². The van der Waals surface area contributed by atoms with Gasteiger partial charge >= 0.3 is 0 Å². The molecule has 0 aliphatic carbocycles. The molecule has 0 fully saturated rings. The van der Waals surface area contributed by atoms with Crippen molar-refractivity contribution in [3.63, 3.8) is 0 Å². The van der Waals surface area contributed by atoms with Gasteiger partial charge in [0.2, 0.25) is 10.0 Å². The summed E-state index contributed by atoms with van der Waals surface area (Å²) in [6.45, 7) is 4.51. The van der Waals surface area contributed by atoms with Crippen LogP contribution < -0.4 is 10.5 Å². The van der Waals surface area contributed by atoms with Crippen LogP contribution in [0.4, 0.5) is 0 Å². The Morgan fingerprint density at radius 1 is 1.15 bits per heavy atom. The maximum absolute atomic E-state index is 12.3. The van der Waals surface area contributed by atoms with Crippen LogP contribution >= 0.6 is 0 Å². The van der Waals surface area contributed by atoms with Crippen molar-refractivity contribution in [2.45, 2.75) is 56.9 Å². The van der Waals surface area contributed by atoms with Crippen LogP contribution in [0.1, 0.15) is 45.1 Å². The Labute approximate surface area is 122 Å². The highest BCUT2D eigenvalue weighted by Gasteiger charge is 2.18. The second-order valence-corrected chi connectivity index (χ2v) is 6.80. The Morgan fingerprint density at radius 3 is 2.30 bits per heavy atom. The zero-order chi connectivity index (χ0) is 15.0. The molecule has 1 rings (SSSR count). The Balaban J connectivity index is 2.76. The van der Waals surface area contributed by atoms with Crippen molar-refractivity contribution in [1.29, 1.82) is 0 Å². The third kappa shape index (κ3) is 5.23. The first-order chi connectivity index (χ1) is 9.53. The molecule has 0 saturated carbocycles. The summed E-state index contributed by atoms with van der Waals surface area (Å²) in [6.07, 6.45) is 4.80. The molecule has 1 aromatic carbocycles. The van der Waals surface area contributed by atoms with Crippen LogP contribution in [-0.2, 0) is 16.4 Å². The topological polar surface area (TPSA) is 72.2 Å². The minimum Gasteiger partial charge on any atom is -0.329 e. The number of unbranched alkanes of at least 4 members (excludes halogenated alkanes) is 1. The Kier molecular flexibility index (Phi) is 7.19. The smallest absolute Gasteiger partial charge is 0.240 e. The zero-order valence-corrected chi connectivity index (χ0v) is 13.2. The highest BCUT2D eigenvalue weighted by molar-refractivity contribution is 7.89. The molecule has 3 N–H and O–H groups in total. The highest BCUT2D eigenvalue weighted by atomic mass is 32.2. The largest absolute Gasteiger partial charge is 0.329 e. The number of nitrogens with one attached hydrogen (secondary N) is 1. The molecule has 0 amide bonds. The molecular weight excluding hydrogens is 272 g/mol. The van der Waals surface area contributed by atoms with Crippen molar-refractivity contribution in [3.8, 4) is 0 Å². The fourth-order valence-electron chi connectivity index (χ4n) is 2.09. The van der Waals surface area contributed by atoms with Gasteiger partial charge in [0, 0.05) is 12.6 Å². The van der Waals surface area contributed by atoms with E-state index in [4.69, 9.17) is 5.73 Å². The molecule has 114 valence electrons. The zero-order valence-electron chi connectivity index (χ0n) is 12.4. The van der Waals surface area contributed by atoms with Crippen molar-refractivity contribution >= 4 is 10.0 Å². The molecule has 0 spiro atoms. The molecule has 4 nitrogen and oxygen atoms in total. The van der Waals surface area contributed by atoms with E-state index in [2.05, 4.69) is 18.6 Å². The van der Waals surface area contributed by atoms with Gasteiger partial charge in [0.25, 0.3) is 0 Å². The minimum absolute atomic E-state index is 0.185. The molecule has 0 aliphatic rings. The summed E-state index contributed by atoms with van der Waals surface area (Å²) in [5.41, 5.74) is 6.80. The number of nitrogens with two attached hydrogens (primary N) is 1. The lowest BCUT2D eigenvalue weighted by Gasteiger charge is -2.16. The van der Waals surface area contributed by atoms with E-state index in [-0.39, 0.29) is 6.04 Å². The lowest BCUT2D eigenvalue weighted by atomic mass is 10.1. The summed E-state index contributed by atoms with van der Waals surface area (Å²) in [6, 6.07) is 6.90. The number of aryl methyl sites for hydroxylation is 1. The SMILES string of the molecule is CCCCC(CN)NS(=O)(=O)c1ccc(CCC)cc1. The molecular formula is C15H26N2O2S. The second kappa shape index (κ2) is 8.39. The molecule has 0 saturated heterocycles. The van der Waals surface area contributed by atoms with Crippen molar-refractivity contribution in [1.82, 2.24) is 4.72 Å². The van der Waals surface area contributed by atoms with Gasteiger partial charge in [-0.25, -0.2) is 13.1 Å². The maximum atomic E-state index is 12.3. The van der Waals surface area contributed by atoms with Crippen LogP contribution in [0.3, 0.4) is 0 Å². The minimum atomic E-state index is -3.46. The highest BCUT2D eigenvalue weighted by Crippen LogP contribution is 2.13. The number of sulfonamides is 1. The number of rotatable bonds is 9. The van der Waals surface area contributed by atoms with Gasteiger partial charge in [-0.15, -0.1) is 0 Å². The van der Waals surface area contributed by atoms with Gasteiger partial charge in [0.05, 0.1) is 4.90 Å². The molecule has 1 aromatic rings. The van der Waals surface area contributed by atoms with Gasteiger partial charge < -0.3 is 5.73 Å². The van der Waals surface area contributed by atoms with Crippen molar-refractivity contribution < 1.29 is 8.42 Å². The first-order valence-electron chi connectivity index (χ1n) is 7.34. The monoisotopic (exact) mass is 298 g/mol. The van der Waals surface area contributed by atoms with Crippen LogP contribution in [0.25, 0.3) is 0 Å². The Hall–Kier alpha value is -0.910. The molecule has 0 bridgehead atoms. The summed E-state index contributed by atoms with van der Waals surface area (Å²) >= 11 is 0. The summed E-state index contributed by atoms with van der Waals surface area (Å²) in [4.78, 5) is 0.312. The summed E-state index contributed by atoms with van der Waals surface area (Å²) in [5, 5.41) is 0. The molecule has 0 radical (unpaired) electrons. The first kappa shape index (κ1) is 17.1. The molecule has 5 heteroatoms. The molecule has 0 aliphatic heterocycles. The number of benzene rings is 1. The Bertz CT molecular complexity index is 483. The normalized spacial score (nSPS) is 13.3. The van der Waals surface area contributed by atoms with Crippen LogP contribution in [0.5, 0.6) is 0 Å². The Morgan fingerprint density at radius 2 is 1.80 bits per heavy atom. The molecule has 0 heterocycles. The van der Waals surface area contributed by atoms with E-state index >= 15 is 0 Å². The summed E-state index contributed by atoms with van der Waals surface area (Å²) < 4.78 is 27.2. The van der Waals surface area contributed by atoms with Gasteiger partial charge in [-0.1, -0.05) is 45.2 Å². The van der Waals surface area contributed by atoms with E-state index < -0.39 is 10.0 Å². The third-order valence-electron chi connectivity index (χ3n) is 3.28. The number of hydrogen-bond acceptors (Lipinski definition) is 3. The van der Waals surface area contributed by atoms with Gasteiger partial charge in [0.15, 0.2) is 0 Å². The van der Waals surface area contributed by atoms with E-state index in [0.717, 1.165) is 37.7 Å². The average Bonchev–Trinajstić information content (AvgIpc) is 2.44. The fourth-order valence-corrected chi connectivity index (χ4v) is 3.37. The van der Waals surface area contributed by atoms with Crippen LogP contribution in [-0.4, -0.2) is 21.0 Å². The fraction of sp³-hybridized carbons (Fsp3) is 0.600. The van der Waals surface area contributed by atoms with Crippen LogP contribution in [0.15, 0.2) is 29.2 Å². The molecule has 20 heavy (non-hydrogen) atoms. The van der Waals surface area contributed by atoms with E-state index in [1.54, 1.807) is 12.1 Å². The van der Waals surface area contributed by atoms with Crippen LogP contribution in [0.2, 0.25) is 0 Å². The van der Waals surface area contributed by atoms with E-state index in [0.29, 0.717) is 11.4 Å². The average molecular weight is 298 g/mol. The van der Waals surface area contributed by atoms with Gasteiger partial charge in [0.1, 0.15) is 0 Å². The molecule has 1 unspecified atom stereocenters. The molecule has 0 aromatic heterocycles. The lowest BCUT2D eigenvalue weighted by Crippen LogP contribution is -2.40. The van der Waals surface area contributed by atoms with Crippen molar-refractivity contribution in [2.75, 3.05) is 6.54 Å². The predicted octanol–water partition coefficient (Wildman–Crippen LogP) is 2.43. The van der Waals surface area contributed by atoms with Crippen molar-refractivity contribution in [2.24, 2.45) is 5.73 Å². The quantitative estimate of drug-likeness (QED) is 0.735. The third-order valence-corrected chi connectivity index (χ3v) is 4.82. The number of hydrogen-bond donors (Lipinski definition) is 2. The standard InChI is InChI=1S/C15H26N2O2S/c1-3-5-7-14(12-16)17-20(18,19)15-10-8-13(6-4-2)9-11-15/h8-11,14,17H,3-7,12,16H2,1-2H3. The van der Waals surface area contributed by atoms with Gasteiger partial charge in [-0.05, 0) is 30.5 Å².